The van der Waals surface area contributed by atoms with Gasteiger partial charge >= 0.3 is 6.01 Å². The van der Waals surface area contributed by atoms with Crippen molar-refractivity contribution in [1.82, 2.24) is 15.0 Å². The lowest BCUT2D eigenvalue weighted by Gasteiger charge is -2.21. The number of hydrogen-bond donors (Lipinski definition) is 1. The number of hydrogen-bond acceptors (Lipinski definition) is 5. The second-order valence-electron chi connectivity index (χ2n) is 6.74. The van der Waals surface area contributed by atoms with E-state index >= 15 is 0 Å². The van der Waals surface area contributed by atoms with Crippen molar-refractivity contribution in [3.05, 3.63) is 88.2 Å². The van der Waals surface area contributed by atoms with Gasteiger partial charge in [-0.05, 0) is 54.4 Å². The van der Waals surface area contributed by atoms with Crippen LogP contribution in [0.2, 0.25) is 0 Å². The number of nitrogens with one attached hydrogen (secondary N) is 1. The van der Waals surface area contributed by atoms with Crippen molar-refractivity contribution in [1.29, 1.82) is 0 Å². The number of benzene rings is 2. The van der Waals surface area contributed by atoms with Gasteiger partial charge in [0.15, 0.2) is 0 Å². The largest absolute Gasteiger partial charge is 0.426 e. The summed E-state index contributed by atoms with van der Waals surface area (Å²) in [5.41, 5.74) is 2.71. The second-order valence-corrected chi connectivity index (χ2v) is 6.74. The maximum atomic E-state index is 13.7. The fourth-order valence-electron chi connectivity index (χ4n) is 3.07. The minimum atomic E-state index is -0.283. The van der Waals surface area contributed by atoms with Crippen molar-refractivity contribution >= 4 is 16.6 Å². The maximum Gasteiger partial charge on any atom is 0.302 e. The zero-order valence-electron chi connectivity index (χ0n) is 16.0. The summed E-state index contributed by atoms with van der Waals surface area (Å²) in [5.74, 6) is 0.335. The van der Waals surface area contributed by atoms with Gasteiger partial charge < -0.3 is 9.64 Å². The molecule has 0 saturated heterocycles. The first-order chi connectivity index (χ1) is 14.0. The Balaban J connectivity index is 1.50. The van der Waals surface area contributed by atoms with Crippen LogP contribution in [0.25, 0.3) is 10.9 Å². The maximum absolute atomic E-state index is 13.7. The Hall–Kier alpha value is -3.74. The first kappa shape index (κ1) is 18.6. The monoisotopic (exact) mass is 390 g/mol. The van der Waals surface area contributed by atoms with Gasteiger partial charge in [-0.1, -0.05) is 12.1 Å². The van der Waals surface area contributed by atoms with Crippen LogP contribution in [0.4, 0.5) is 10.1 Å². The Labute approximate surface area is 166 Å². The highest BCUT2D eigenvalue weighted by atomic mass is 19.1. The van der Waals surface area contributed by atoms with E-state index in [1.165, 1.54) is 12.3 Å². The third-order valence-electron chi connectivity index (χ3n) is 4.77. The number of halogens is 1. The van der Waals surface area contributed by atoms with Gasteiger partial charge in [0.05, 0.1) is 17.1 Å². The van der Waals surface area contributed by atoms with Crippen LogP contribution in [-0.2, 0) is 6.54 Å². The van der Waals surface area contributed by atoms with E-state index in [9.17, 15) is 9.18 Å². The molecule has 0 unspecified atom stereocenters. The van der Waals surface area contributed by atoms with E-state index in [2.05, 4.69) is 15.0 Å². The zero-order valence-corrected chi connectivity index (χ0v) is 16.0. The molecule has 4 rings (SSSR count). The number of H-pyrrole nitrogens is 1. The molecule has 0 saturated carbocycles. The molecular weight excluding hydrogens is 371 g/mol. The Morgan fingerprint density at radius 1 is 1.14 bits per heavy atom. The summed E-state index contributed by atoms with van der Waals surface area (Å²) >= 11 is 0. The summed E-state index contributed by atoms with van der Waals surface area (Å²) in [6, 6.07) is 14.2. The summed E-state index contributed by atoms with van der Waals surface area (Å²) < 4.78 is 19.4. The summed E-state index contributed by atoms with van der Waals surface area (Å²) in [7, 11) is 1.94. The number of rotatable bonds is 5. The van der Waals surface area contributed by atoms with Crippen LogP contribution >= 0.6 is 0 Å². The van der Waals surface area contributed by atoms with E-state index in [1.807, 2.05) is 30.1 Å². The molecule has 0 aliphatic rings. The molecule has 6 nitrogen and oxygen atoms in total. The van der Waals surface area contributed by atoms with Gasteiger partial charge in [0.2, 0.25) is 0 Å². The van der Waals surface area contributed by atoms with E-state index in [0.717, 1.165) is 11.3 Å². The molecule has 0 amide bonds. The molecule has 2 aromatic heterocycles. The fourth-order valence-corrected chi connectivity index (χ4v) is 3.07. The predicted molar refractivity (Wildman–Crippen MR) is 110 cm³/mol. The van der Waals surface area contributed by atoms with Crippen LogP contribution < -0.4 is 15.2 Å². The Morgan fingerprint density at radius 2 is 1.93 bits per heavy atom. The van der Waals surface area contributed by atoms with Gasteiger partial charge in [0, 0.05) is 25.5 Å². The lowest BCUT2D eigenvalue weighted by Crippen LogP contribution is -2.17. The molecule has 146 valence electrons. The molecule has 4 aromatic rings. The molecule has 0 atom stereocenters. The molecule has 0 aliphatic heterocycles. The number of ether oxygens (including phenoxy) is 1. The minimum Gasteiger partial charge on any atom is -0.426 e. The molecule has 2 aromatic carbocycles. The second kappa shape index (κ2) is 7.71. The van der Waals surface area contributed by atoms with Crippen LogP contribution in [0.15, 0.2) is 65.7 Å². The highest BCUT2D eigenvalue weighted by Gasteiger charge is 2.09. The number of aromatic nitrogens is 3. The van der Waals surface area contributed by atoms with Gasteiger partial charge in [0.1, 0.15) is 11.6 Å². The van der Waals surface area contributed by atoms with E-state index in [4.69, 9.17) is 4.74 Å². The summed E-state index contributed by atoms with van der Waals surface area (Å²) in [4.78, 5) is 25.0. The molecule has 1 N–H and O–H groups in total. The van der Waals surface area contributed by atoms with Crippen molar-refractivity contribution in [2.75, 3.05) is 11.9 Å². The third-order valence-corrected chi connectivity index (χ3v) is 4.77. The van der Waals surface area contributed by atoms with Crippen molar-refractivity contribution < 1.29 is 9.13 Å². The third kappa shape index (κ3) is 3.94. The number of anilines is 1. The lowest BCUT2D eigenvalue weighted by atomic mass is 10.1. The molecule has 7 heteroatoms. The van der Waals surface area contributed by atoms with Crippen molar-refractivity contribution in [2.45, 2.75) is 13.5 Å². The van der Waals surface area contributed by atoms with Crippen LogP contribution in [0.3, 0.4) is 0 Å². The average molecular weight is 390 g/mol. The molecule has 2 heterocycles. The normalized spacial score (nSPS) is 10.9. The van der Waals surface area contributed by atoms with Crippen LogP contribution in [0.1, 0.15) is 11.1 Å². The van der Waals surface area contributed by atoms with E-state index in [1.54, 1.807) is 37.4 Å². The van der Waals surface area contributed by atoms with Crippen LogP contribution in [-0.4, -0.2) is 22.0 Å². The first-order valence-electron chi connectivity index (χ1n) is 9.08. The van der Waals surface area contributed by atoms with Crippen molar-refractivity contribution in [2.24, 2.45) is 0 Å². The molecule has 0 spiro atoms. The average Bonchev–Trinajstić information content (AvgIpc) is 2.72. The SMILES string of the molecule is Cc1c(F)cccc1CN(C)c1ccc(Oc2nc3cnccc3c(=O)[nH]2)cc1. The van der Waals surface area contributed by atoms with E-state index in [-0.39, 0.29) is 17.4 Å². The highest BCUT2D eigenvalue weighted by molar-refractivity contribution is 5.76. The minimum absolute atomic E-state index is 0.104. The van der Waals surface area contributed by atoms with Crippen molar-refractivity contribution in [3.63, 3.8) is 0 Å². The zero-order chi connectivity index (χ0) is 20.4. The van der Waals surface area contributed by atoms with Gasteiger partial charge in [-0.25, -0.2) is 4.39 Å². The van der Waals surface area contributed by atoms with Gasteiger partial charge in [-0.2, -0.15) is 4.98 Å². The van der Waals surface area contributed by atoms with Crippen LogP contribution in [0.5, 0.6) is 11.8 Å². The molecule has 0 aliphatic carbocycles. The molecule has 0 fully saturated rings. The number of nitrogens with zero attached hydrogens (tertiary/aromatic N) is 3. The smallest absolute Gasteiger partial charge is 0.302 e. The Kier molecular flexibility index (Phi) is 4.95. The molecular formula is C22H19FN4O2. The van der Waals surface area contributed by atoms with Crippen molar-refractivity contribution in [3.8, 4) is 11.8 Å². The summed E-state index contributed by atoms with van der Waals surface area (Å²) in [5, 5.41) is 0.456. The summed E-state index contributed by atoms with van der Waals surface area (Å²) in [6.07, 6.45) is 3.06. The number of fused-ring (bicyclic) bond motifs is 1. The van der Waals surface area contributed by atoms with Crippen LogP contribution in [0, 0.1) is 12.7 Å². The van der Waals surface area contributed by atoms with E-state index in [0.29, 0.717) is 28.8 Å². The number of pyridine rings is 1. The fraction of sp³-hybridized carbons (Fsp3) is 0.136. The number of aromatic amines is 1. The Morgan fingerprint density at radius 3 is 2.72 bits per heavy atom. The molecule has 0 bridgehead atoms. The highest BCUT2D eigenvalue weighted by Crippen LogP contribution is 2.24. The van der Waals surface area contributed by atoms with Gasteiger partial charge in [-0.3, -0.25) is 14.8 Å². The van der Waals surface area contributed by atoms with Gasteiger partial charge in [0.25, 0.3) is 5.56 Å². The predicted octanol–water partition coefficient (Wildman–Crippen LogP) is 4.19. The molecule has 0 radical (unpaired) electrons. The lowest BCUT2D eigenvalue weighted by molar-refractivity contribution is 0.442. The quantitative estimate of drug-likeness (QED) is 0.553. The van der Waals surface area contributed by atoms with E-state index < -0.39 is 0 Å². The Bertz CT molecular complexity index is 1220. The summed E-state index contributed by atoms with van der Waals surface area (Å²) in [6.45, 7) is 2.36. The molecule has 29 heavy (non-hydrogen) atoms. The topological polar surface area (TPSA) is 71.1 Å². The first-order valence-corrected chi connectivity index (χ1v) is 9.08. The standard InChI is InChI=1S/C22H19FN4O2/c1-14-15(4-3-5-19(14)23)13-27(2)16-6-8-17(9-7-16)29-22-25-20-12-24-11-10-18(20)21(28)26-22/h3-12H,13H2,1-2H3,(H,25,26,28). The van der Waals surface area contributed by atoms with Gasteiger partial charge in [-0.15, -0.1) is 0 Å².